The quantitative estimate of drug-likeness (QED) is 0.577. The molecule has 0 bridgehead atoms. The summed E-state index contributed by atoms with van der Waals surface area (Å²) in [7, 11) is 0. The van der Waals surface area contributed by atoms with E-state index in [4.69, 9.17) is 4.74 Å². The standard InChI is InChI=1S/C18H23BrN2O4/c1-3-4-9-25-16(22)11-15-17(23)20-7-8-21(15)18(24)13-6-5-12(2)14(19)10-13/h5-6,10,15H,3-4,7-9,11H2,1-2H3,(H,20,23)/t15-/m1/s1. The SMILES string of the molecule is CCCCOC(=O)C[C@@H]1C(=O)NCCN1C(=O)c1ccc(C)c(Br)c1. The van der Waals surface area contributed by atoms with Crippen molar-refractivity contribution in [1.29, 1.82) is 0 Å². The Morgan fingerprint density at radius 3 is 2.84 bits per heavy atom. The largest absolute Gasteiger partial charge is 0.466 e. The molecule has 1 aromatic carbocycles. The number of nitrogens with one attached hydrogen (secondary N) is 1. The van der Waals surface area contributed by atoms with Crippen LogP contribution in [-0.2, 0) is 14.3 Å². The van der Waals surface area contributed by atoms with E-state index in [1.165, 1.54) is 4.90 Å². The highest BCUT2D eigenvalue weighted by molar-refractivity contribution is 9.10. The molecule has 1 aromatic rings. The van der Waals surface area contributed by atoms with Gasteiger partial charge in [0.05, 0.1) is 13.0 Å². The highest BCUT2D eigenvalue weighted by atomic mass is 79.9. The zero-order chi connectivity index (χ0) is 18.4. The lowest BCUT2D eigenvalue weighted by Crippen LogP contribution is -2.57. The van der Waals surface area contributed by atoms with Gasteiger partial charge in [-0.2, -0.15) is 0 Å². The van der Waals surface area contributed by atoms with Crippen molar-refractivity contribution in [3.63, 3.8) is 0 Å². The number of nitrogens with zero attached hydrogens (tertiary/aromatic N) is 1. The number of unbranched alkanes of at least 4 members (excludes halogenated alkanes) is 1. The van der Waals surface area contributed by atoms with E-state index in [0.29, 0.717) is 25.3 Å². The number of hydrogen-bond donors (Lipinski definition) is 1. The summed E-state index contributed by atoms with van der Waals surface area (Å²) in [5, 5.41) is 2.71. The van der Waals surface area contributed by atoms with Crippen molar-refractivity contribution >= 4 is 33.7 Å². The van der Waals surface area contributed by atoms with Gasteiger partial charge in [0.15, 0.2) is 0 Å². The molecule has 0 aliphatic carbocycles. The second-order valence-electron chi connectivity index (χ2n) is 6.05. The Bertz CT molecular complexity index is 662. The molecular weight excluding hydrogens is 388 g/mol. The second-order valence-corrected chi connectivity index (χ2v) is 6.90. The summed E-state index contributed by atoms with van der Waals surface area (Å²) in [5.74, 6) is -1.04. The molecule has 6 nitrogen and oxygen atoms in total. The monoisotopic (exact) mass is 410 g/mol. The first-order valence-electron chi connectivity index (χ1n) is 8.44. The number of piperazine rings is 1. The molecule has 0 unspecified atom stereocenters. The van der Waals surface area contributed by atoms with E-state index in [9.17, 15) is 14.4 Å². The molecule has 1 atom stereocenters. The van der Waals surface area contributed by atoms with Crippen LogP contribution in [0.15, 0.2) is 22.7 Å². The Labute approximate surface area is 156 Å². The number of rotatable bonds is 6. The fourth-order valence-corrected chi connectivity index (χ4v) is 2.98. The van der Waals surface area contributed by atoms with E-state index < -0.39 is 12.0 Å². The van der Waals surface area contributed by atoms with Gasteiger partial charge in [-0.05, 0) is 31.0 Å². The van der Waals surface area contributed by atoms with E-state index in [0.717, 1.165) is 22.9 Å². The number of benzene rings is 1. The summed E-state index contributed by atoms with van der Waals surface area (Å²) in [4.78, 5) is 38.5. The maximum Gasteiger partial charge on any atom is 0.308 e. The van der Waals surface area contributed by atoms with E-state index in [-0.39, 0.29) is 18.2 Å². The molecule has 7 heteroatoms. The summed E-state index contributed by atoms with van der Waals surface area (Å²) in [6, 6.07) is 4.47. The Morgan fingerprint density at radius 2 is 2.16 bits per heavy atom. The lowest BCUT2D eigenvalue weighted by molar-refractivity contribution is -0.147. The molecule has 25 heavy (non-hydrogen) atoms. The summed E-state index contributed by atoms with van der Waals surface area (Å²) in [6.07, 6.45) is 1.57. The number of aryl methyl sites for hydroxylation is 1. The minimum absolute atomic E-state index is 0.131. The summed E-state index contributed by atoms with van der Waals surface area (Å²) in [5.41, 5.74) is 1.50. The van der Waals surface area contributed by atoms with Crippen LogP contribution in [0.25, 0.3) is 0 Å². The highest BCUT2D eigenvalue weighted by Gasteiger charge is 2.35. The van der Waals surface area contributed by atoms with Gasteiger partial charge < -0.3 is 15.0 Å². The van der Waals surface area contributed by atoms with E-state index in [1.54, 1.807) is 12.1 Å². The minimum Gasteiger partial charge on any atom is -0.466 e. The third-order valence-corrected chi connectivity index (χ3v) is 4.99. The van der Waals surface area contributed by atoms with Crippen molar-refractivity contribution in [1.82, 2.24) is 10.2 Å². The summed E-state index contributed by atoms with van der Waals surface area (Å²) < 4.78 is 5.97. The molecular formula is C18H23BrN2O4. The van der Waals surface area contributed by atoms with Crippen LogP contribution < -0.4 is 5.32 Å². The molecule has 1 aliphatic rings. The molecule has 0 radical (unpaired) electrons. The van der Waals surface area contributed by atoms with Crippen LogP contribution in [0.3, 0.4) is 0 Å². The Kier molecular flexibility index (Phi) is 6.99. The molecule has 2 amide bonds. The van der Waals surface area contributed by atoms with Gasteiger partial charge in [0.1, 0.15) is 6.04 Å². The van der Waals surface area contributed by atoms with Crippen LogP contribution in [0.4, 0.5) is 0 Å². The van der Waals surface area contributed by atoms with Gasteiger partial charge in [-0.25, -0.2) is 0 Å². The normalized spacial score (nSPS) is 17.2. The van der Waals surface area contributed by atoms with Crippen LogP contribution in [0.5, 0.6) is 0 Å². The van der Waals surface area contributed by atoms with Crippen molar-refractivity contribution < 1.29 is 19.1 Å². The first kappa shape index (κ1) is 19.4. The van der Waals surface area contributed by atoms with Gasteiger partial charge in [0.2, 0.25) is 5.91 Å². The number of carbonyl (C=O) groups is 3. The predicted molar refractivity (Wildman–Crippen MR) is 97.2 cm³/mol. The lowest BCUT2D eigenvalue weighted by Gasteiger charge is -2.34. The number of ether oxygens (including phenoxy) is 1. The molecule has 2 rings (SSSR count). The summed E-state index contributed by atoms with van der Waals surface area (Å²) in [6.45, 7) is 5.01. The first-order chi connectivity index (χ1) is 11.9. The minimum atomic E-state index is -0.838. The summed E-state index contributed by atoms with van der Waals surface area (Å²) >= 11 is 3.42. The Hall–Kier alpha value is -1.89. The van der Waals surface area contributed by atoms with Crippen LogP contribution in [0.1, 0.15) is 42.1 Å². The molecule has 1 fully saturated rings. The fraction of sp³-hybridized carbons (Fsp3) is 0.500. The third-order valence-electron chi connectivity index (χ3n) is 4.13. The van der Waals surface area contributed by atoms with Gasteiger partial charge in [-0.3, -0.25) is 14.4 Å². The van der Waals surface area contributed by atoms with E-state index in [2.05, 4.69) is 21.2 Å². The third kappa shape index (κ3) is 5.04. The zero-order valence-corrected chi connectivity index (χ0v) is 16.1. The average Bonchev–Trinajstić information content (AvgIpc) is 2.59. The van der Waals surface area contributed by atoms with Crippen LogP contribution in [0, 0.1) is 6.92 Å². The molecule has 136 valence electrons. The lowest BCUT2D eigenvalue weighted by atomic mass is 10.1. The fourth-order valence-electron chi connectivity index (χ4n) is 2.60. The molecule has 0 spiro atoms. The molecule has 1 N–H and O–H groups in total. The number of esters is 1. The zero-order valence-electron chi connectivity index (χ0n) is 14.5. The van der Waals surface area contributed by atoms with Crippen LogP contribution >= 0.6 is 15.9 Å². The van der Waals surface area contributed by atoms with Gasteiger partial charge in [0.25, 0.3) is 5.91 Å². The Morgan fingerprint density at radius 1 is 1.40 bits per heavy atom. The number of halogens is 1. The van der Waals surface area contributed by atoms with Gasteiger partial charge >= 0.3 is 5.97 Å². The second kappa shape index (κ2) is 8.99. The van der Waals surface area contributed by atoms with Crippen molar-refractivity contribution in [2.45, 2.75) is 39.2 Å². The van der Waals surface area contributed by atoms with Crippen molar-refractivity contribution in [3.8, 4) is 0 Å². The van der Waals surface area contributed by atoms with Crippen molar-refractivity contribution in [2.24, 2.45) is 0 Å². The predicted octanol–water partition coefficient (Wildman–Crippen LogP) is 2.43. The van der Waals surface area contributed by atoms with Crippen molar-refractivity contribution in [2.75, 3.05) is 19.7 Å². The molecule has 1 aliphatic heterocycles. The van der Waals surface area contributed by atoms with Gasteiger partial charge in [-0.15, -0.1) is 0 Å². The molecule has 0 aromatic heterocycles. The van der Waals surface area contributed by atoms with E-state index >= 15 is 0 Å². The molecule has 1 heterocycles. The topological polar surface area (TPSA) is 75.7 Å². The van der Waals surface area contributed by atoms with E-state index in [1.807, 2.05) is 19.9 Å². The Balaban J connectivity index is 2.12. The highest BCUT2D eigenvalue weighted by Crippen LogP contribution is 2.21. The average molecular weight is 411 g/mol. The number of amides is 2. The van der Waals surface area contributed by atoms with Crippen molar-refractivity contribution in [3.05, 3.63) is 33.8 Å². The van der Waals surface area contributed by atoms with Crippen LogP contribution in [0.2, 0.25) is 0 Å². The molecule has 1 saturated heterocycles. The van der Waals surface area contributed by atoms with Gasteiger partial charge in [0, 0.05) is 23.1 Å². The number of carbonyl (C=O) groups excluding carboxylic acids is 3. The maximum absolute atomic E-state index is 12.8. The van der Waals surface area contributed by atoms with Crippen LogP contribution in [-0.4, -0.2) is 48.4 Å². The maximum atomic E-state index is 12.8. The molecule has 0 saturated carbocycles. The first-order valence-corrected chi connectivity index (χ1v) is 9.23. The smallest absolute Gasteiger partial charge is 0.308 e. The van der Waals surface area contributed by atoms with Gasteiger partial charge in [-0.1, -0.05) is 35.3 Å². The number of hydrogen-bond acceptors (Lipinski definition) is 4.